The van der Waals surface area contributed by atoms with Crippen LogP contribution in [0.25, 0.3) is 16.9 Å². The largest absolute Gasteiger partial charge is 0.470 e. The summed E-state index contributed by atoms with van der Waals surface area (Å²) in [6.07, 6.45) is -2.99. The maximum absolute atomic E-state index is 13.3. The fourth-order valence-electron chi connectivity index (χ4n) is 3.50. The molecular weight excluding hydrogens is 589 g/mol. The second-order valence-corrected chi connectivity index (χ2v) is 10.1. The zero-order chi connectivity index (χ0) is 27.8. The Labute approximate surface area is 228 Å². The van der Waals surface area contributed by atoms with Gasteiger partial charge >= 0.3 is 6.18 Å². The van der Waals surface area contributed by atoms with Gasteiger partial charge in [-0.25, -0.2) is 15.0 Å². The quantitative estimate of drug-likeness (QED) is 0.303. The monoisotopic (exact) mass is 608 g/mol. The van der Waals surface area contributed by atoms with Crippen molar-refractivity contribution in [2.75, 3.05) is 0 Å². The SMILES string of the molecule is Cc1nc(OCc2cccc(C(F)(F)F)n2)c(Br)c(=O)n1-c1cc(-c2ccnc(C(C)(C)N)n2)ccc1Cl. The molecule has 4 aromatic rings. The van der Waals surface area contributed by atoms with E-state index in [4.69, 9.17) is 22.1 Å². The van der Waals surface area contributed by atoms with E-state index >= 15 is 0 Å². The molecule has 0 fully saturated rings. The van der Waals surface area contributed by atoms with Crippen LogP contribution in [0, 0.1) is 6.92 Å². The van der Waals surface area contributed by atoms with Crippen LogP contribution in [0.15, 0.2) is 57.9 Å². The second kappa shape index (κ2) is 10.4. The maximum Gasteiger partial charge on any atom is 0.433 e. The molecule has 0 unspecified atom stereocenters. The molecule has 0 saturated heterocycles. The zero-order valence-corrected chi connectivity index (χ0v) is 22.7. The molecule has 0 aliphatic rings. The van der Waals surface area contributed by atoms with Gasteiger partial charge in [-0.15, -0.1) is 0 Å². The molecule has 1 aromatic carbocycles. The Kier molecular flexibility index (Phi) is 7.60. The molecule has 0 atom stereocenters. The lowest BCUT2D eigenvalue weighted by molar-refractivity contribution is -0.141. The van der Waals surface area contributed by atoms with E-state index in [2.05, 4.69) is 35.9 Å². The molecule has 8 nitrogen and oxygen atoms in total. The molecule has 0 aliphatic carbocycles. The van der Waals surface area contributed by atoms with Crippen LogP contribution in [0.1, 0.15) is 36.9 Å². The van der Waals surface area contributed by atoms with Crippen LogP contribution in [-0.4, -0.2) is 24.5 Å². The number of benzene rings is 1. The average Bonchev–Trinajstić information content (AvgIpc) is 2.86. The molecule has 4 rings (SSSR count). The number of rotatable bonds is 6. The van der Waals surface area contributed by atoms with Crippen LogP contribution >= 0.6 is 27.5 Å². The van der Waals surface area contributed by atoms with Crippen LogP contribution in [-0.2, 0) is 18.3 Å². The predicted octanol–water partition coefficient (Wildman–Crippen LogP) is 5.60. The third kappa shape index (κ3) is 5.87. The minimum absolute atomic E-state index is 0.0241. The second-order valence-electron chi connectivity index (χ2n) is 8.87. The van der Waals surface area contributed by atoms with Gasteiger partial charge in [0.25, 0.3) is 5.56 Å². The number of halogens is 5. The van der Waals surface area contributed by atoms with Crippen molar-refractivity contribution in [3.8, 4) is 22.8 Å². The fraction of sp³-hybridized carbons (Fsp3) is 0.240. The summed E-state index contributed by atoms with van der Waals surface area (Å²) >= 11 is 9.67. The zero-order valence-electron chi connectivity index (χ0n) is 20.3. The first-order valence-electron chi connectivity index (χ1n) is 11.1. The Bertz CT molecular complexity index is 1570. The summed E-state index contributed by atoms with van der Waals surface area (Å²) in [4.78, 5) is 30.0. The number of nitrogens with two attached hydrogens (primary N) is 1. The smallest absolute Gasteiger partial charge is 0.433 e. The number of hydrogen-bond acceptors (Lipinski definition) is 7. The number of ether oxygens (including phenoxy) is 1. The van der Waals surface area contributed by atoms with E-state index in [1.807, 2.05) is 0 Å². The molecule has 2 N–H and O–H groups in total. The predicted molar refractivity (Wildman–Crippen MR) is 139 cm³/mol. The Hall–Kier alpha value is -3.35. The highest BCUT2D eigenvalue weighted by atomic mass is 79.9. The standard InChI is InChI=1S/C25H21BrClF3N6O2/c1-13-33-21(38-12-15-5-4-6-19(34-15)25(28,29)30)20(26)22(37)36(13)18-11-14(7-8-16(18)27)17-9-10-32-23(35-17)24(2,3)31/h4-11H,12,31H2,1-3H3. The van der Waals surface area contributed by atoms with Gasteiger partial charge in [-0.1, -0.05) is 23.7 Å². The molecule has 0 amide bonds. The molecule has 198 valence electrons. The first-order chi connectivity index (χ1) is 17.8. The van der Waals surface area contributed by atoms with Gasteiger partial charge < -0.3 is 10.5 Å². The summed E-state index contributed by atoms with van der Waals surface area (Å²) in [6.45, 7) is 4.82. The third-order valence-electron chi connectivity index (χ3n) is 5.33. The van der Waals surface area contributed by atoms with Gasteiger partial charge in [0, 0.05) is 11.8 Å². The molecule has 0 radical (unpaired) electrons. The Morgan fingerprint density at radius 1 is 1.11 bits per heavy atom. The van der Waals surface area contributed by atoms with E-state index < -0.39 is 23.0 Å². The van der Waals surface area contributed by atoms with Gasteiger partial charge in [-0.2, -0.15) is 18.2 Å². The fourth-order valence-corrected chi connectivity index (χ4v) is 4.08. The molecule has 3 heterocycles. The van der Waals surface area contributed by atoms with Gasteiger partial charge in [-0.05, 0) is 67.0 Å². The summed E-state index contributed by atoms with van der Waals surface area (Å²) in [7, 11) is 0. The Morgan fingerprint density at radius 3 is 2.53 bits per heavy atom. The van der Waals surface area contributed by atoms with Crippen molar-refractivity contribution in [2.24, 2.45) is 5.73 Å². The lowest BCUT2D eigenvalue weighted by Crippen LogP contribution is -2.31. The average molecular weight is 610 g/mol. The van der Waals surface area contributed by atoms with E-state index in [1.54, 1.807) is 51.2 Å². The summed E-state index contributed by atoms with van der Waals surface area (Å²) in [5.41, 5.74) is 5.42. The molecule has 0 saturated carbocycles. The molecule has 13 heteroatoms. The van der Waals surface area contributed by atoms with Crippen LogP contribution in [0.4, 0.5) is 13.2 Å². The van der Waals surface area contributed by atoms with Gasteiger partial charge in [0.15, 0.2) is 0 Å². The van der Waals surface area contributed by atoms with Gasteiger partial charge in [0.05, 0.1) is 27.6 Å². The van der Waals surface area contributed by atoms with Crippen molar-refractivity contribution < 1.29 is 17.9 Å². The van der Waals surface area contributed by atoms with Crippen molar-refractivity contribution >= 4 is 27.5 Å². The van der Waals surface area contributed by atoms with Gasteiger partial charge in [-0.3, -0.25) is 9.36 Å². The topological polar surface area (TPSA) is 109 Å². The summed E-state index contributed by atoms with van der Waals surface area (Å²) in [5, 5.41) is 0.280. The minimum Gasteiger partial charge on any atom is -0.470 e. The maximum atomic E-state index is 13.3. The number of aromatic nitrogens is 5. The number of aryl methyl sites for hydroxylation is 1. The van der Waals surface area contributed by atoms with Crippen molar-refractivity contribution in [1.29, 1.82) is 0 Å². The first kappa shape index (κ1) is 27.7. The van der Waals surface area contributed by atoms with Crippen molar-refractivity contribution in [3.63, 3.8) is 0 Å². The Morgan fingerprint density at radius 2 is 1.84 bits per heavy atom. The van der Waals surface area contributed by atoms with Crippen LogP contribution in [0.3, 0.4) is 0 Å². The van der Waals surface area contributed by atoms with Crippen molar-refractivity contribution in [1.82, 2.24) is 24.5 Å². The lowest BCUT2D eigenvalue weighted by Gasteiger charge is -2.18. The van der Waals surface area contributed by atoms with E-state index in [0.717, 1.165) is 6.07 Å². The number of pyridine rings is 1. The lowest BCUT2D eigenvalue weighted by atomic mass is 10.1. The molecule has 3 aromatic heterocycles. The van der Waals surface area contributed by atoms with Crippen LogP contribution < -0.4 is 16.0 Å². The normalized spacial score (nSPS) is 12.0. The molecule has 0 spiro atoms. The third-order valence-corrected chi connectivity index (χ3v) is 6.33. The summed E-state index contributed by atoms with van der Waals surface area (Å²) in [6, 6.07) is 10.3. The highest BCUT2D eigenvalue weighted by molar-refractivity contribution is 9.10. The van der Waals surface area contributed by atoms with Gasteiger partial charge in [0.1, 0.15) is 28.4 Å². The molecule has 0 aliphatic heterocycles. The molecular formula is C25H21BrClF3N6O2. The number of nitrogens with zero attached hydrogens (tertiary/aromatic N) is 5. The highest BCUT2D eigenvalue weighted by Gasteiger charge is 2.32. The van der Waals surface area contributed by atoms with E-state index in [-0.39, 0.29) is 33.5 Å². The van der Waals surface area contributed by atoms with Gasteiger partial charge in [0.2, 0.25) is 5.88 Å². The van der Waals surface area contributed by atoms with Crippen molar-refractivity contribution in [2.45, 2.75) is 39.1 Å². The number of hydrogen-bond donors (Lipinski definition) is 1. The molecule has 0 bridgehead atoms. The minimum atomic E-state index is -4.59. The first-order valence-corrected chi connectivity index (χ1v) is 12.3. The Balaban J connectivity index is 1.69. The van der Waals surface area contributed by atoms with E-state index in [9.17, 15) is 18.0 Å². The summed E-state index contributed by atoms with van der Waals surface area (Å²) < 4.78 is 45.7. The summed E-state index contributed by atoms with van der Waals surface area (Å²) in [5.74, 6) is 0.581. The number of alkyl halides is 3. The van der Waals surface area contributed by atoms with E-state index in [0.29, 0.717) is 22.8 Å². The van der Waals surface area contributed by atoms with Crippen molar-refractivity contribution in [3.05, 3.63) is 91.5 Å². The van der Waals surface area contributed by atoms with Crippen LogP contribution in [0.2, 0.25) is 5.02 Å². The van der Waals surface area contributed by atoms with Crippen LogP contribution in [0.5, 0.6) is 5.88 Å². The molecule has 38 heavy (non-hydrogen) atoms. The highest BCUT2D eigenvalue weighted by Crippen LogP contribution is 2.30. The van der Waals surface area contributed by atoms with E-state index in [1.165, 1.54) is 16.7 Å².